The summed E-state index contributed by atoms with van der Waals surface area (Å²) < 4.78 is 33.6. The van der Waals surface area contributed by atoms with Crippen molar-refractivity contribution < 1.29 is 32.7 Å². The van der Waals surface area contributed by atoms with Gasteiger partial charge >= 0.3 is 19.5 Å². The number of hydrogen-bond acceptors (Lipinski definition) is 7. The van der Waals surface area contributed by atoms with E-state index < -0.39 is 19.5 Å². The maximum absolute atomic E-state index is 12.6. The van der Waals surface area contributed by atoms with Gasteiger partial charge in [-0.25, -0.2) is 9.59 Å². The Morgan fingerprint density at radius 3 is 1.48 bits per heavy atom. The number of unbranched alkanes of at least 4 members (excludes halogenated alkanes) is 2. The van der Waals surface area contributed by atoms with E-state index in [0.29, 0.717) is 49.4 Å². The quantitative estimate of drug-likeness (QED) is 0.163. The summed E-state index contributed by atoms with van der Waals surface area (Å²) in [7, 11) is -3.13. The fraction of sp³-hybridized carbons (Fsp3) is 0.684. The first-order valence-electron chi connectivity index (χ1n) is 9.25. The first kappa shape index (κ1) is 25.6. The van der Waals surface area contributed by atoms with Crippen LogP contribution in [0.4, 0.5) is 0 Å². The fourth-order valence-electron chi connectivity index (χ4n) is 1.83. The molecule has 0 N–H and O–H groups in total. The predicted molar refractivity (Wildman–Crippen MR) is 105 cm³/mol. The van der Waals surface area contributed by atoms with E-state index in [9.17, 15) is 14.2 Å². The van der Waals surface area contributed by atoms with Crippen molar-refractivity contribution in [2.24, 2.45) is 0 Å². The second kappa shape index (κ2) is 14.6. The van der Waals surface area contributed by atoms with E-state index in [-0.39, 0.29) is 26.4 Å². The van der Waals surface area contributed by atoms with Crippen LogP contribution in [0.5, 0.6) is 0 Å². The molecule has 0 fully saturated rings. The van der Waals surface area contributed by atoms with Gasteiger partial charge in [-0.1, -0.05) is 20.1 Å². The summed E-state index contributed by atoms with van der Waals surface area (Å²) in [5.41, 5.74) is 0.725. The number of rotatable bonds is 16. The molecule has 27 heavy (non-hydrogen) atoms. The van der Waals surface area contributed by atoms with Crippen LogP contribution in [0.2, 0.25) is 0 Å². The minimum atomic E-state index is -3.13. The molecule has 0 rings (SSSR count). The third-order valence-electron chi connectivity index (χ3n) is 3.31. The summed E-state index contributed by atoms with van der Waals surface area (Å²) in [6, 6.07) is 0. The molecule has 156 valence electrons. The van der Waals surface area contributed by atoms with Gasteiger partial charge in [0.25, 0.3) is 0 Å². The van der Waals surface area contributed by atoms with Crippen molar-refractivity contribution in [2.75, 3.05) is 32.6 Å². The van der Waals surface area contributed by atoms with Crippen LogP contribution >= 0.6 is 7.60 Å². The zero-order chi connectivity index (χ0) is 20.7. The smallest absolute Gasteiger partial charge is 0.333 e. The Labute approximate surface area is 162 Å². The highest BCUT2D eigenvalue weighted by atomic mass is 31.2. The second-order valence-corrected chi connectivity index (χ2v) is 8.43. The van der Waals surface area contributed by atoms with Crippen LogP contribution in [0.1, 0.15) is 52.9 Å². The van der Waals surface area contributed by atoms with Crippen molar-refractivity contribution >= 4 is 19.5 Å². The average molecular weight is 404 g/mol. The van der Waals surface area contributed by atoms with Crippen LogP contribution in [0.3, 0.4) is 0 Å². The van der Waals surface area contributed by atoms with Gasteiger partial charge in [0.05, 0.1) is 26.4 Å². The summed E-state index contributed by atoms with van der Waals surface area (Å²) in [6.45, 7) is 13.2. The van der Waals surface area contributed by atoms with Gasteiger partial charge in [0, 0.05) is 17.3 Å². The standard InChI is InChI=1S/C19H33O7P/c1-6-15-27(22,25-13-9-7-11-23-18(20)16(2)3)26-14-10-8-12-24-19(21)17(4)5/h2,4,6-15H2,1,3,5H3. The van der Waals surface area contributed by atoms with E-state index in [2.05, 4.69) is 13.2 Å². The SMILES string of the molecule is C=C(C)C(=O)OCCCCOP(=O)(CCC)OCCCCOC(=O)C(=C)C. The lowest BCUT2D eigenvalue weighted by molar-refractivity contribution is -0.139. The lowest BCUT2D eigenvalue weighted by Crippen LogP contribution is -2.08. The lowest BCUT2D eigenvalue weighted by atomic mass is 10.3. The van der Waals surface area contributed by atoms with Gasteiger partial charge in [-0.05, 0) is 46.0 Å². The molecule has 0 saturated heterocycles. The Kier molecular flexibility index (Phi) is 13.8. The molecule has 0 unspecified atom stereocenters. The Morgan fingerprint density at radius 1 is 0.778 bits per heavy atom. The monoisotopic (exact) mass is 404 g/mol. The van der Waals surface area contributed by atoms with Crippen LogP contribution in [0, 0.1) is 0 Å². The van der Waals surface area contributed by atoms with E-state index in [1.807, 2.05) is 6.92 Å². The van der Waals surface area contributed by atoms with Gasteiger partial charge in [-0.2, -0.15) is 0 Å². The van der Waals surface area contributed by atoms with Crippen molar-refractivity contribution in [1.29, 1.82) is 0 Å². The molecule has 7 nitrogen and oxygen atoms in total. The first-order valence-corrected chi connectivity index (χ1v) is 11.0. The average Bonchev–Trinajstić information content (AvgIpc) is 2.60. The molecule has 0 spiro atoms. The lowest BCUT2D eigenvalue weighted by Gasteiger charge is -2.18. The summed E-state index contributed by atoms with van der Waals surface area (Å²) in [5, 5.41) is 0. The van der Waals surface area contributed by atoms with Crippen LogP contribution in [-0.4, -0.2) is 44.5 Å². The Morgan fingerprint density at radius 2 is 1.15 bits per heavy atom. The van der Waals surface area contributed by atoms with Gasteiger partial charge in [0.2, 0.25) is 0 Å². The molecule has 0 aliphatic rings. The van der Waals surface area contributed by atoms with E-state index >= 15 is 0 Å². The zero-order valence-corrected chi connectivity index (χ0v) is 17.7. The number of esters is 2. The zero-order valence-electron chi connectivity index (χ0n) is 16.8. The van der Waals surface area contributed by atoms with Gasteiger partial charge in [-0.3, -0.25) is 4.57 Å². The van der Waals surface area contributed by atoms with Crippen molar-refractivity contribution in [3.63, 3.8) is 0 Å². The van der Waals surface area contributed by atoms with E-state index in [4.69, 9.17) is 18.5 Å². The molecule has 0 saturated carbocycles. The second-order valence-electron chi connectivity index (χ2n) is 6.25. The van der Waals surface area contributed by atoms with Gasteiger partial charge in [0.15, 0.2) is 0 Å². The van der Waals surface area contributed by atoms with Gasteiger partial charge in [-0.15, -0.1) is 0 Å². The highest BCUT2D eigenvalue weighted by Gasteiger charge is 2.23. The van der Waals surface area contributed by atoms with Crippen LogP contribution in [0.15, 0.2) is 24.3 Å². The normalized spacial score (nSPS) is 11.1. The van der Waals surface area contributed by atoms with E-state index in [0.717, 1.165) is 0 Å². The Balaban J connectivity index is 3.95. The summed E-state index contributed by atoms with van der Waals surface area (Å²) in [5.74, 6) is -0.824. The summed E-state index contributed by atoms with van der Waals surface area (Å²) >= 11 is 0. The first-order chi connectivity index (χ1) is 12.7. The van der Waals surface area contributed by atoms with Gasteiger partial charge < -0.3 is 18.5 Å². The highest BCUT2D eigenvalue weighted by Crippen LogP contribution is 2.48. The molecule has 0 aromatic heterocycles. The van der Waals surface area contributed by atoms with Crippen molar-refractivity contribution in [2.45, 2.75) is 52.9 Å². The molecule has 8 heteroatoms. The fourth-order valence-corrected chi connectivity index (χ4v) is 3.53. The van der Waals surface area contributed by atoms with E-state index in [1.54, 1.807) is 13.8 Å². The number of ether oxygens (including phenoxy) is 2. The van der Waals surface area contributed by atoms with E-state index in [1.165, 1.54) is 0 Å². The number of carbonyl (C=O) groups is 2. The molecular weight excluding hydrogens is 371 g/mol. The molecular formula is C19H33O7P. The highest BCUT2D eigenvalue weighted by molar-refractivity contribution is 7.53. The van der Waals surface area contributed by atoms with Crippen LogP contribution < -0.4 is 0 Å². The van der Waals surface area contributed by atoms with Crippen molar-refractivity contribution in [3.05, 3.63) is 24.3 Å². The minimum Gasteiger partial charge on any atom is -0.462 e. The summed E-state index contributed by atoms with van der Waals surface area (Å²) in [6.07, 6.45) is 3.47. The molecule has 0 aliphatic heterocycles. The number of carbonyl (C=O) groups excluding carboxylic acids is 2. The third-order valence-corrected chi connectivity index (χ3v) is 5.46. The maximum Gasteiger partial charge on any atom is 0.333 e. The third kappa shape index (κ3) is 13.4. The molecule has 0 atom stereocenters. The number of hydrogen-bond donors (Lipinski definition) is 0. The Bertz CT molecular complexity index is 500. The molecule has 0 heterocycles. The summed E-state index contributed by atoms with van der Waals surface area (Å²) in [4.78, 5) is 22.5. The molecule has 0 aliphatic carbocycles. The maximum atomic E-state index is 12.6. The minimum absolute atomic E-state index is 0.275. The van der Waals surface area contributed by atoms with Crippen molar-refractivity contribution in [3.8, 4) is 0 Å². The topological polar surface area (TPSA) is 88.1 Å². The molecule has 0 aromatic rings. The van der Waals surface area contributed by atoms with Crippen molar-refractivity contribution in [1.82, 2.24) is 0 Å². The Hall–Kier alpha value is -1.43. The van der Waals surface area contributed by atoms with Crippen LogP contribution in [0.25, 0.3) is 0 Å². The molecule has 0 bridgehead atoms. The molecule has 0 aromatic carbocycles. The van der Waals surface area contributed by atoms with Gasteiger partial charge in [0.1, 0.15) is 0 Å². The molecule has 0 amide bonds. The molecule has 0 radical (unpaired) electrons. The predicted octanol–water partition coefficient (Wildman–Crippen LogP) is 4.42. The van der Waals surface area contributed by atoms with Crippen LogP contribution in [-0.2, 0) is 32.7 Å². The largest absolute Gasteiger partial charge is 0.462 e.